The number of aromatic nitrogens is 8. The van der Waals surface area contributed by atoms with Gasteiger partial charge in [-0.3, -0.25) is 19.2 Å². The highest BCUT2D eigenvalue weighted by atomic mass is 16.5. The molecule has 0 bridgehead atoms. The van der Waals surface area contributed by atoms with Crippen LogP contribution in [0.1, 0.15) is 134 Å². The van der Waals surface area contributed by atoms with Crippen LogP contribution in [0.4, 0.5) is 0 Å². The van der Waals surface area contributed by atoms with Crippen LogP contribution in [0, 0.1) is 22.3 Å². The molecular weight excluding hydrogens is 745 g/mol. The number of carbonyl (C=O) groups is 4. The summed E-state index contributed by atoms with van der Waals surface area (Å²) in [4.78, 5) is 62.0. The molecule has 4 aliphatic carbocycles. The third-order valence-corrected chi connectivity index (χ3v) is 12.4. The molecule has 2 fully saturated rings. The van der Waals surface area contributed by atoms with Crippen molar-refractivity contribution in [3.05, 3.63) is 69.1 Å². The fourth-order valence-electron chi connectivity index (χ4n) is 9.91. The fraction of sp³-hybridized carbons (Fsp3) is 0.550. The molecule has 0 spiro atoms. The summed E-state index contributed by atoms with van der Waals surface area (Å²) in [5, 5.41) is 49.2. The SMILES string of the molecule is CNC(=O)CC(C)(C)NC(=O)c1nn(-c2ncc[n+]([O-])c2-c2c(-n3nc(C(=O)NC(C)(C)CC(=O)NC)c4c3[C@@H]3CCC[C@@H]3C4)ncc[n+]2[O-])c2c1C[C@H]1CCC[C@@H]21. The molecule has 4 amide bonds. The summed E-state index contributed by atoms with van der Waals surface area (Å²) in [6.45, 7) is 7.06. The second-order valence-electron chi connectivity index (χ2n) is 17.5. The first kappa shape index (κ1) is 38.9. The predicted octanol–water partition coefficient (Wildman–Crippen LogP) is 1.95. The van der Waals surface area contributed by atoms with Crippen LogP contribution in [0.25, 0.3) is 23.0 Å². The van der Waals surface area contributed by atoms with Crippen molar-refractivity contribution in [2.24, 2.45) is 11.8 Å². The summed E-state index contributed by atoms with van der Waals surface area (Å²) in [5.74, 6) is -0.647. The Hall–Kier alpha value is -5.94. The van der Waals surface area contributed by atoms with Crippen LogP contribution in [-0.4, -0.2) is 78.3 Å². The molecule has 4 aliphatic rings. The Labute approximate surface area is 335 Å². The lowest BCUT2D eigenvalue weighted by molar-refractivity contribution is -0.625. The van der Waals surface area contributed by atoms with Gasteiger partial charge >= 0.3 is 11.4 Å². The van der Waals surface area contributed by atoms with Gasteiger partial charge in [0.15, 0.2) is 23.8 Å². The zero-order valence-electron chi connectivity index (χ0n) is 33.7. The highest BCUT2D eigenvalue weighted by Crippen LogP contribution is 2.51. The molecule has 4 aromatic heterocycles. The predicted molar refractivity (Wildman–Crippen MR) is 208 cm³/mol. The van der Waals surface area contributed by atoms with Gasteiger partial charge in [-0.25, -0.2) is 19.3 Å². The van der Waals surface area contributed by atoms with E-state index in [2.05, 4.69) is 31.2 Å². The standard InChI is InChI=1S/C40H50N12O6/c1-39(2,19-27(53)41-5)45-37(55)29-25-17-21-9-7-11-23(21)31(25)51(47-29)35-33(49(57)15-13-43-35)34-36(44-14-16-50(34)58)52-32-24-12-8-10-22(24)18-26(32)30(48-52)38(56)46-40(3,4)20-28(54)42-6/h13-16,21-24H,7-12,17-20H2,1-6H3,(H,41,53)(H,42,54)(H,45,55)(H,46,56)/t21-,22-,23-,24-/m1/s1. The highest BCUT2D eigenvalue weighted by molar-refractivity contribution is 5.96. The van der Waals surface area contributed by atoms with Gasteiger partial charge in [0.1, 0.15) is 0 Å². The Balaban J connectivity index is 1.27. The second-order valence-corrected chi connectivity index (χ2v) is 17.5. The van der Waals surface area contributed by atoms with Crippen molar-refractivity contribution in [3.8, 4) is 23.0 Å². The Morgan fingerprint density at radius 2 is 1.09 bits per heavy atom. The van der Waals surface area contributed by atoms with Gasteiger partial charge in [0.05, 0.1) is 23.8 Å². The van der Waals surface area contributed by atoms with Crippen molar-refractivity contribution in [2.75, 3.05) is 14.1 Å². The molecule has 4 heterocycles. The van der Waals surface area contributed by atoms with E-state index < -0.39 is 22.9 Å². The maximum Gasteiger partial charge on any atom is 0.339 e. The molecule has 18 heteroatoms. The first-order chi connectivity index (χ1) is 27.6. The molecule has 8 rings (SSSR count). The maximum absolute atomic E-state index is 14.1. The smallest absolute Gasteiger partial charge is 0.339 e. The Kier molecular flexibility index (Phi) is 9.70. The third kappa shape index (κ3) is 6.70. The number of fused-ring (bicyclic) bond motifs is 6. The average Bonchev–Trinajstić information content (AvgIpc) is 4.00. The third-order valence-electron chi connectivity index (χ3n) is 12.4. The number of amides is 4. The van der Waals surface area contributed by atoms with E-state index >= 15 is 0 Å². The fourth-order valence-corrected chi connectivity index (χ4v) is 9.91. The first-order valence-corrected chi connectivity index (χ1v) is 20.1. The Morgan fingerprint density at radius 3 is 1.47 bits per heavy atom. The van der Waals surface area contributed by atoms with E-state index in [9.17, 15) is 29.6 Å². The van der Waals surface area contributed by atoms with E-state index in [4.69, 9.17) is 10.2 Å². The molecule has 306 valence electrons. The summed E-state index contributed by atoms with van der Waals surface area (Å²) in [7, 11) is 3.08. The average molecular weight is 795 g/mol. The number of carbonyl (C=O) groups excluding carboxylic acids is 4. The molecule has 0 unspecified atom stereocenters. The molecule has 4 atom stereocenters. The number of hydrogen-bond acceptors (Lipinski definition) is 10. The minimum absolute atomic E-state index is 0.0419. The Bertz CT molecular complexity index is 2190. The summed E-state index contributed by atoms with van der Waals surface area (Å²) < 4.78 is 4.19. The van der Waals surface area contributed by atoms with E-state index in [1.54, 1.807) is 51.2 Å². The molecule has 4 N–H and O–H groups in total. The monoisotopic (exact) mass is 794 g/mol. The normalized spacial score (nSPS) is 20.6. The van der Waals surface area contributed by atoms with Crippen LogP contribution in [0.5, 0.6) is 0 Å². The molecule has 18 nitrogen and oxygen atoms in total. The topological polar surface area (TPSA) is 232 Å². The molecule has 2 saturated carbocycles. The number of nitrogens with one attached hydrogen (secondary N) is 4. The van der Waals surface area contributed by atoms with Crippen molar-refractivity contribution >= 4 is 23.6 Å². The number of nitrogens with zero attached hydrogens (tertiary/aromatic N) is 8. The van der Waals surface area contributed by atoms with Crippen molar-refractivity contribution in [3.63, 3.8) is 0 Å². The lowest BCUT2D eigenvalue weighted by Gasteiger charge is -2.25. The lowest BCUT2D eigenvalue weighted by Crippen LogP contribution is -2.46. The maximum atomic E-state index is 14.1. The Morgan fingerprint density at radius 1 is 0.690 bits per heavy atom. The number of rotatable bonds is 11. The molecule has 4 aromatic rings. The number of hydrogen-bond donors (Lipinski definition) is 4. The minimum atomic E-state index is -0.896. The lowest BCUT2D eigenvalue weighted by atomic mass is 9.99. The van der Waals surface area contributed by atoms with Crippen LogP contribution in [0.2, 0.25) is 0 Å². The van der Waals surface area contributed by atoms with Crippen LogP contribution < -0.4 is 30.7 Å². The quantitative estimate of drug-likeness (QED) is 0.127. The molecule has 0 aliphatic heterocycles. The van der Waals surface area contributed by atoms with Crippen molar-refractivity contribution < 1.29 is 28.6 Å². The van der Waals surface area contributed by atoms with Crippen molar-refractivity contribution in [2.45, 2.75) is 115 Å². The van der Waals surface area contributed by atoms with Gasteiger partial charge < -0.3 is 31.7 Å². The zero-order valence-corrected chi connectivity index (χ0v) is 33.7. The van der Waals surface area contributed by atoms with Gasteiger partial charge in [0.2, 0.25) is 23.5 Å². The molecule has 58 heavy (non-hydrogen) atoms. The van der Waals surface area contributed by atoms with E-state index in [1.165, 1.54) is 24.8 Å². The van der Waals surface area contributed by atoms with Crippen LogP contribution in [-0.2, 0) is 22.4 Å². The van der Waals surface area contributed by atoms with Gasteiger partial charge in [-0.15, -0.1) is 0 Å². The van der Waals surface area contributed by atoms with E-state index in [-0.39, 0.29) is 82.7 Å². The van der Waals surface area contributed by atoms with Crippen molar-refractivity contribution in [1.82, 2.24) is 50.8 Å². The summed E-state index contributed by atoms with van der Waals surface area (Å²) in [6, 6.07) is 0. The summed E-state index contributed by atoms with van der Waals surface area (Å²) in [5.41, 5.74) is 1.31. The van der Waals surface area contributed by atoms with Gasteiger partial charge in [0, 0.05) is 61.0 Å². The minimum Gasteiger partial charge on any atom is -0.618 e. The van der Waals surface area contributed by atoms with Gasteiger partial charge in [0.25, 0.3) is 11.8 Å². The van der Waals surface area contributed by atoms with Gasteiger partial charge in [-0.1, -0.05) is 12.8 Å². The zero-order chi connectivity index (χ0) is 41.3. The van der Waals surface area contributed by atoms with Gasteiger partial charge in [-0.05, 0) is 78.1 Å². The van der Waals surface area contributed by atoms with Crippen LogP contribution in [0.3, 0.4) is 0 Å². The second kappa shape index (κ2) is 14.5. The van der Waals surface area contributed by atoms with Crippen molar-refractivity contribution in [1.29, 1.82) is 0 Å². The van der Waals surface area contributed by atoms with Gasteiger partial charge in [-0.2, -0.15) is 19.7 Å². The van der Waals surface area contributed by atoms with Crippen LogP contribution in [0.15, 0.2) is 24.8 Å². The van der Waals surface area contributed by atoms with Crippen LogP contribution >= 0.6 is 0 Å². The summed E-state index contributed by atoms with van der Waals surface area (Å²) >= 11 is 0. The van der Waals surface area contributed by atoms with E-state index in [0.717, 1.165) is 61.0 Å². The molecule has 0 radical (unpaired) electrons. The highest BCUT2D eigenvalue weighted by Gasteiger charge is 2.47. The van der Waals surface area contributed by atoms with E-state index in [1.807, 2.05) is 0 Å². The molecule has 0 saturated heterocycles. The van der Waals surface area contributed by atoms with E-state index in [0.29, 0.717) is 22.3 Å². The largest absolute Gasteiger partial charge is 0.618 e. The molecular formula is C40H50N12O6. The first-order valence-electron chi connectivity index (χ1n) is 20.1. The summed E-state index contributed by atoms with van der Waals surface area (Å²) in [6.07, 6.45) is 12.0. The molecule has 0 aromatic carbocycles.